The molecule has 0 saturated heterocycles. The summed E-state index contributed by atoms with van der Waals surface area (Å²) < 4.78 is 41.8. The van der Waals surface area contributed by atoms with Crippen molar-refractivity contribution in [2.24, 2.45) is 0 Å². The van der Waals surface area contributed by atoms with E-state index in [9.17, 15) is 12.8 Å². The minimum atomic E-state index is -3.66. The van der Waals surface area contributed by atoms with Gasteiger partial charge in [-0.15, -0.1) is 0 Å². The summed E-state index contributed by atoms with van der Waals surface area (Å²) in [5, 5.41) is 4.07. The average Bonchev–Trinajstić information content (AvgIpc) is 3.24. The third kappa shape index (κ3) is 4.93. The molecule has 0 bridgehead atoms. The minimum absolute atomic E-state index is 0.0648. The first-order chi connectivity index (χ1) is 14.0. The quantitative estimate of drug-likeness (QED) is 0.614. The second kappa shape index (κ2) is 8.75. The molecule has 0 aliphatic carbocycles. The molecule has 2 aromatic carbocycles. The van der Waals surface area contributed by atoms with Crippen LogP contribution in [0.4, 0.5) is 4.39 Å². The molecule has 3 aromatic rings. The number of nitrogens with zero attached hydrogens (tertiary/aromatic N) is 1. The fourth-order valence-corrected chi connectivity index (χ4v) is 5.65. The molecule has 1 unspecified atom stereocenters. The fourth-order valence-electron chi connectivity index (χ4n) is 3.78. The van der Waals surface area contributed by atoms with E-state index in [1.807, 2.05) is 17.5 Å². The molecule has 0 saturated carbocycles. The van der Waals surface area contributed by atoms with Gasteiger partial charge >= 0.3 is 0 Å². The van der Waals surface area contributed by atoms with E-state index >= 15 is 0 Å². The minimum Gasteiger partial charge on any atom is -0.290 e. The van der Waals surface area contributed by atoms with Gasteiger partial charge in [0.25, 0.3) is 0 Å². The van der Waals surface area contributed by atoms with Crippen molar-refractivity contribution in [2.75, 3.05) is 13.1 Å². The number of halogens is 1. The molecular weight excluding hydrogens is 407 g/mol. The van der Waals surface area contributed by atoms with Gasteiger partial charge in [-0.05, 0) is 46.0 Å². The van der Waals surface area contributed by atoms with Gasteiger partial charge in [-0.25, -0.2) is 17.5 Å². The van der Waals surface area contributed by atoms with E-state index in [1.54, 1.807) is 23.5 Å². The van der Waals surface area contributed by atoms with Crippen molar-refractivity contribution < 1.29 is 12.8 Å². The van der Waals surface area contributed by atoms with Gasteiger partial charge in [0.15, 0.2) is 0 Å². The van der Waals surface area contributed by atoms with Crippen LogP contribution >= 0.6 is 11.3 Å². The van der Waals surface area contributed by atoms with Crippen molar-refractivity contribution in [3.63, 3.8) is 0 Å². The maximum Gasteiger partial charge on any atom is 0.215 e. The van der Waals surface area contributed by atoms with Crippen molar-refractivity contribution in [1.82, 2.24) is 9.62 Å². The van der Waals surface area contributed by atoms with Gasteiger partial charge in [0.2, 0.25) is 10.0 Å². The van der Waals surface area contributed by atoms with Crippen LogP contribution in [0.25, 0.3) is 0 Å². The lowest BCUT2D eigenvalue weighted by Gasteiger charge is -2.35. The second-order valence-electron chi connectivity index (χ2n) is 7.26. The van der Waals surface area contributed by atoms with Gasteiger partial charge in [0, 0.05) is 31.2 Å². The molecule has 0 radical (unpaired) electrons. The summed E-state index contributed by atoms with van der Waals surface area (Å²) in [6.45, 7) is 1.91. The monoisotopic (exact) mass is 430 g/mol. The van der Waals surface area contributed by atoms with Crippen LogP contribution in [0.3, 0.4) is 0 Å². The van der Waals surface area contributed by atoms with Gasteiger partial charge in [-0.1, -0.05) is 42.5 Å². The van der Waals surface area contributed by atoms with Gasteiger partial charge in [-0.2, -0.15) is 11.3 Å². The van der Waals surface area contributed by atoms with Gasteiger partial charge in [0.05, 0.1) is 5.75 Å². The molecular formula is C22H23FN2O2S2. The van der Waals surface area contributed by atoms with E-state index in [0.29, 0.717) is 0 Å². The highest BCUT2D eigenvalue weighted by Crippen LogP contribution is 2.29. The number of nitrogens with one attached hydrogen (secondary N) is 1. The van der Waals surface area contributed by atoms with Crippen LogP contribution in [0.5, 0.6) is 0 Å². The Balaban J connectivity index is 1.49. The topological polar surface area (TPSA) is 49.4 Å². The van der Waals surface area contributed by atoms with E-state index in [2.05, 4.69) is 33.2 Å². The predicted octanol–water partition coefficient (Wildman–Crippen LogP) is 4.11. The number of sulfonamides is 1. The molecule has 4 rings (SSSR count). The normalized spacial score (nSPS) is 15.8. The highest BCUT2D eigenvalue weighted by atomic mass is 32.2. The molecule has 4 nitrogen and oxygen atoms in total. The van der Waals surface area contributed by atoms with Crippen molar-refractivity contribution in [3.8, 4) is 0 Å². The number of hydrogen-bond acceptors (Lipinski definition) is 4. The first kappa shape index (κ1) is 20.2. The molecule has 1 aliphatic heterocycles. The third-order valence-corrected chi connectivity index (χ3v) is 7.33. The molecule has 0 amide bonds. The zero-order valence-electron chi connectivity index (χ0n) is 15.9. The first-order valence-corrected chi connectivity index (χ1v) is 12.1. The summed E-state index contributed by atoms with van der Waals surface area (Å²) in [6.07, 6.45) is 0.943. The number of rotatable bonds is 7. The standard InChI is InChI=1S/C22H23FN2O2S2/c23-21-8-4-3-7-20(21)16-29(26,27)24-13-22(19-10-12-28-15-19)25-11-9-17-5-1-2-6-18(17)14-25/h1-8,10,12,15,22,24H,9,11,13-14,16H2. The fraction of sp³-hybridized carbons (Fsp3) is 0.273. The van der Waals surface area contributed by atoms with Crippen molar-refractivity contribution >= 4 is 21.4 Å². The number of thiophene rings is 1. The third-order valence-electron chi connectivity index (χ3n) is 5.33. The van der Waals surface area contributed by atoms with Crippen molar-refractivity contribution in [2.45, 2.75) is 24.8 Å². The molecule has 1 atom stereocenters. The predicted molar refractivity (Wildman–Crippen MR) is 115 cm³/mol. The van der Waals surface area contributed by atoms with E-state index in [1.165, 1.54) is 23.3 Å². The lowest BCUT2D eigenvalue weighted by atomic mass is 9.97. The largest absolute Gasteiger partial charge is 0.290 e. The lowest BCUT2D eigenvalue weighted by molar-refractivity contribution is 0.180. The van der Waals surface area contributed by atoms with Gasteiger partial charge < -0.3 is 0 Å². The lowest BCUT2D eigenvalue weighted by Crippen LogP contribution is -2.40. The Hall–Kier alpha value is -2.06. The van der Waals surface area contributed by atoms with Crippen LogP contribution in [0, 0.1) is 5.82 Å². The van der Waals surface area contributed by atoms with E-state index < -0.39 is 15.8 Å². The SMILES string of the molecule is O=S(=O)(Cc1ccccc1F)NCC(c1ccsc1)N1CCc2ccccc2C1. The summed E-state index contributed by atoms with van der Waals surface area (Å²) in [6, 6.07) is 16.4. The zero-order valence-corrected chi connectivity index (χ0v) is 17.6. The molecule has 1 aromatic heterocycles. The highest BCUT2D eigenvalue weighted by molar-refractivity contribution is 7.88. The molecule has 1 N–H and O–H groups in total. The number of hydrogen-bond donors (Lipinski definition) is 1. The van der Waals surface area contributed by atoms with Crippen molar-refractivity contribution in [1.29, 1.82) is 0 Å². The van der Waals surface area contributed by atoms with Gasteiger partial charge in [0.1, 0.15) is 5.82 Å². The van der Waals surface area contributed by atoms with E-state index in [-0.39, 0.29) is 23.9 Å². The Morgan fingerprint density at radius 2 is 1.83 bits per heavy atom. The average molecular weight is 431 g/mol. The maximum absolute atomic E-state index is 13.9. The summed E-state index contributed by atoms with van der Waals surface area (Å²) >= 11 is 1.60. The number of benzene rings is 2. The van der Waals surface area contributed by atoms with Crippen LogP contribution in [-0.4, -0.2) is 26.4 Å². The second-order valence-corrected chi connectivity index (χ2v) is 9.85. The van der Waals surface area contributed by atoms with E-state index in [4.69, 9.17) is 0 Å². The number of fused-ring (bicyclic) bond motifs is 1. The smallest absolute Gasteiger partial charge is 0.215 e. The Labute approximate surface area is 175 Å². The summed E-state index contributed by atoms with van der Waals surface area (Å²) in [4.78, 5) is 2.32. The highest BCUT2D eigenvalue weighted by Gasteiger charge is 2.26. The zero-order chi connectivity index (χ0) is 20.3. The van der Waals surface area contributed by atoms with E-state index in [0.717, 1.165) is 25.1 Å². The Kier molecular flexibility index (Phi) is 6.10. The Bertz CT molecular complexity index is 1070. The summed E-state index contributed by atoms with van der Waals surface area (Å²) in [5.41, 5.74) is 3.92. The molecule has 0 spiro atoms. The Morgan fingerprint density at radius 1 is 1.07 bits per heavy atom. The summed E-state index contributed by atoms with van der Waals surface area (Å²) in [5.74, 6) is -0.862. The molecule has 29 heavy (non-hydrogen) atoms. The van der Waals surface area contributed by atoms with Crippen molar-refractivity contribution in [3.05, 3.63) is 93.4 Å². The van der Waals surface area contributed by atoms with Crippen LogP contribution in [0.2, 0.25) is 0 Å². The molecule has 7 heteroatoms. The molecule has 1 aliphatic rings. The first-order valence-electron chi connectivity index (χ1n) is 9.55. The van der Waals surface area contributed by atoms with Crippen LogP contribution in [0.1, 0.15) is 28.3 Å². The summed E-state index contributed by atoms with van der Waals surface area (Å²) in [7, 11) is -3.66. The molecule has 152 valence electrons. The van der Waals surface area contributed by atoms with Crippen LogP contribution in [0.15, 0.2) is 65.4 Å². The maximum atomic E-state index is 13.9. The molecule has 0 fully saturated rings. The molecule has 2 heterocycles. The van der Waals surface area contributed by atoms with Gasteiger partial charge in [-0.3, -0.25) is 4.90 Å². The van der Waals surface area contributed by atoms with Crippen LogP contribution < -0.4 is 4.72 Å². The van der Waals surface area contributed by atoms with Crippen LogP contribution in [-0.2, 0) is 28.7 Å². The Morgan fingerprint density at radius 3 is 2.59 bits per heavy atom.